The van der Waals surface area contributed by atoms with Crippen molar-refractivity contribution in [3.8, 4) is 5.75 Å². The van der Waals surface area contributed by atoms with E-state index < -0.39 is 12.7 Å². The Bertz CT molecular complexity index is 531. The average molecular weight is 255 g/mol. The van der Waals surface area contributed by atoms with Crippen LogP contribution in [-0.4, -0.2) is 16.8 Å². The molecule has 1 heterocycles. The minimum atomic E-state index is -2.91. The van der Waals surface area contributed by atoms with Crippen LogP contribution < -0.4 is 10.5 Å². The Morgan fingerprint density at radius 2 is 2.06 bits per heavy atom. The van der Waals surface area contributed by atoms with Gasteiger partial charge in [-0.15, -0.1) is 0 Å². The van der Waals surface area contributed by atoms with E-state index in [9.17, 15) is 8.78 Å². The third-order valence-electron chi connectivity index (χ3n) is 2.29. The van der Waals surface area contributed by atoms with Gasteiger partial charge in [0.2, 0.25) is 5.89 Å². The lowest BCUT2D eigenvalue weighted by atomic mass is 10.1. The van der Waals surface area contributed by atoms with Crippen molar-refractivity contribution in [2.75, 3.05) is 0 Å². The molecule has 0 aliphatic rings. The summed E-state index contributed by atoms with van der Waals surface area (Å²) in [6.45, 7) is -1.30. The third-order valence-corrected chi connectivity index (χ3v) is 2.29. The van der Waals surface area contributed by atoms with Gasteiger partial charge in [0.1, 0.15) is 5.75 Å². The summed E-state index contributed by atoms with van der Waals surface area (Å²) in [6.07, 6.45) is 0. The highest BCUT2D eigenvalue weighted by Crippen LogP contribution is 2.27. The van der Waals surface area contributed by atoms with E-state index in [0.717, 1.165) is 0 Å². The molecule has 1 unspecified atom stereocenters. The van der Waals surface area contributed by atoms with Gasteiger partial charge in [0, 0.05) is 12.5 Å². The van der Waals surface area contributed by atoms with Crippen LogP contribution in [-0.2, 0) is 0 Å². The largest absolute Gasteiger partial charge is 0.434 e. The first-order valence-corrected chi connectivity index (χ1v) is 5.17. The number of aromatic nitrogens is 2. The standard InChI is InChI=1S/C11H11F2N3O2/c1-6-15-10(16-18-6)9(14)7-4-2-3-5-8(7)17-11(12)13/h2-5,9,11H,14H2,1H3. The molecule has 0 fully saturated rings. The van der Waals surface area contributed by atoms with Gasteiger partial charge in [0.05, 0.1) is 6.04 Å². The number of ether oxygens (including phenoxy) is 1. The average Bonchev–Trinajstić information content (AvgIpc) is 2.75. The number of hydrogen-bond donors (Lipinski definition) is 1. The molecule has 0 amide bonds. The molecule has 0 saturated heterocycles. The molecule has 0 saturated carbocycles. The maximum Gasteiger partial charge on any atom is 0.387 e. The van der Waals surface area contributed by atoms with Crippen molar-refractivity contribution in [1.82, 2.24) is 10.1 Å². The van der Waals surface area contributed by atoms with Crippen LogP contribution in [0.5, 0.6) is 5.75 Å². The molecule has 0 radical (unpaired) electrons. The molecule has 2 rings (SSSR count). The normalized spacial score (nSPS) is 12.7. The first-order chi connectivity index (χ1) is 8.58. The number of aryl methyl sites for hydroxylation is 1. The lowest BCUT2D eigenvalue weighted by Gasteiger charge is -2.13. The van der Waals surface area contributed by atoms with Crippen LogP contribution in [0.1, 0.15) is 23.3 Å². The molecule has 18 heavy (non-hydrogen) atoms. The summed E-state index contributed by atoms with van der Waals surface area (Å²) in [7, 11) is 0. The molecule has 2 N–H and O–H groups in total. The van der Waals surface area contributed by atoms with Crippen LogP contribution in [0.2, 0.25) is 0 Å². The van der Waals surface area contributed by atoms with E-state index in [4.69, 9.17) is 10.3 Å². The van der Waals surface area contributed by atoms with Gasteiger partial charge >= 0.3 is 6.61 Å². The predicted octanol–water partition coefficient (Wildman–Crippen LogP) is 2.03. The number of halogens is 2. The summed E-state index contributed by atoms with van der Waals surface area (Å²) < 4.78 is 33.7. The number of nitrogens with two attached hydrogens (primary N) is 1. The molecular weight excluding hydrogens is 244 g/mol. The van der Waals surface area contributed by atoms with E-state index in [0.29, 0.717) is 11.5 Å². The summed E-state index contributed by atoms with van der Waals surface area (Å²) in [4.78, 5) is 3.96. The van der Waals surface area contributed by atoms with Crippen molar-refractivity contribution in [2.24, 2.45) is 5.73 Å². The number of hydrogen-bond acceptors (Lipinski definition) is 5. The molecule has 7 heteroatoms. The zero-order valence-electron chi connectivity index (χ0n) is 9.51. The Kier molecular flexibility index (Phi) is 3.52. The Balaban J connectivity index is 2.32. The Morgan fingerprint density at radius 1 is 1.33 bits per heavy atom. The van der Waals surface area contributed by atoms with Gasteiger partial charge < -0.3 is 15.0 Å². The van der Waals surface area contributed by atoms with Gasteiger partial charge in [-0.1, -0.05) is 23.4 Å². The molecule has 0 spiro atoms. The second kappa shape index (κ2) is 5.09. The predicted molar refractivity (Wildman–Crippen MR) is 58.1 cm³/mol. The maximum absolute atomic E-state index is 12.3. The van der Waals surface area contributed by atoms with E-state index >= 15 is 0 Å². The van der Waals surface area contributed by atoms with Gasteiger partial charge in [0.15, 0.2) is 5.82 Å². The van der Waals surface area contributed by atoms with Crippen molar-refractivity contribution < 1.29 is 18.0 Å². The van der Waals surface area contributed by atoms with Crippen LogP contribution >= 0.6 is 0 Å². The second-order valence-corrected chi connectivity index (χ2v) is 3.57. The number of para-hydroxylation sites is 1. The SMILES string of the molecule is Cc1nc(C(N)c2ccccc2OC(F)F)no1. The molecule has 0 bridgehead atoms. The number of benzene rings is 1. The van der Waals surface area contributed by atoms with Gasteiger partial charge in [-0.3, -0.25) is 0 Å². The van der Waals surface area contributed by atoms with E-state index in [1.54, 1.807) is 25.1 Å². The molecule has 5 nitrogen and oxygen atoms in total. The fraction of sp³-hybridized carbons (Fsp3) is 0.273. The van der Waals surface area contributed by atoms with Crippen molar-refractivity contribution in [2.45, 2.75) is 19.6 Å². The van der Waals surface area contributed by atoms with Gasteiger partial charge in [-0.05, 0) is 6.07 Å². The smallest absolute Gasteiger partial charge is 0.387 e. The highest BCUT2D eigenvalue weighted by atomic mass is 19.3. The summed E-state index contributed by atoms with van der Waals surface area (Å²) in [5, 5.41) is 3.66. The molecule has 1 aromatic carbocycles. The summed E-state index contributed by atoms with van der Waals surface area (Å²) >= 11 is 0. The first-order valence-electron chi connectivity index (χ1n) is 5.17. The molecule has 0 aliphatic heterocycles. The molecule has 96 valence electrons. The molecule has 1 atom stereocenters. The number of alkyl halides is 2. The molecular formula is C11H11F2N3O2. The number of rotatable bonds is 4. The monoisotopic (exact) mass is 255 g/mol. The van der Waals surface area contributed by atoms with Crippen molar-refractivity contribution >= 4 is 0 Å². The van der Waals surface area contributed by atoms with Crippen molar-refractivity contribution in [3.05, 3.63) is 41.5 Å². The van der Waals surface area contributed by atoms with Crippen LogP contribution in [0, 0.1) is 6.92 Å². The summed E-state index contributed by atoms with van der Waals surface area (Å²) in [5.41, 5.74) is 6.27. The Hall–Kier alpha value is -2.02. The van der Waals surface area contributed by atoms with E-state index in [2.05, 4.69) is 14.9 Å². The minimum absolute atomic E-state index is 0.00227. The van der Waals surface area contributed by atoms with Crippen LogP contribution in [0.4, 0.5) is 8.78 Å². The molecule has 2 aromatic rings. The number of nitrogens with zero attached hydrogens (tertiary/aromatic N) is 2. The topological polar surface area (TPSA) is 74.2 Å². The lowest BCUT2D eigenvalue weighted by molar-refractivity contribution is -0.0505. The zero-order chi connectivity index (χ0) is 13.1. The molecule has 0 aliphatic carbocycles. The quantitative estimate of drug-likeness (QED) is 0.904. The van der Waals surface area contributed by atoms with E-state index in [1.807, 2.05) is 0 Å². The van der Waals surface area contributed by atoms with E-state index in [1.165, 1.54) is 6.07 Å². The maximum atomic E-state index is 12.3. The van der Waals surface area contributed by atoms with Crippen LogP contribution in [0.25, 0.3) is 0 Å². The second-order valence-electron chi connectivity index (χ2n) is 3.57. The Morgan fingerprint density at radius 3 is 2.67 bits per heavy atom. The summed E-state index contributed by atoms with van der Waals surface area (Å²) in [5.74, 6) is 0.577. The highest BCUT2D eigenvalue weighted by Gasteiger charge is 2.20. The zero-order valence-corrected chi connectivity index (χ0v) is 9.51. The summed E-state index contributed by atoms with van der Waals surface area (Å²) in [6, 6.07) is 5.45. The first kappa shape index (κ1) is 12.4. The van der Waals surface area contributed by atoms with Crippen molar-refractivity contribution in [3.63, 3.8) is 0 Å². The van der Waals surface area contributed by atoms with Gasteiger partial charge in [-0.25, -0.2) is 0 Å². The fourth-order valence-electron chi connectivity index (χ4n) is 1.52. The molecule has 1 aromatic heterocycles. The minimum Gasteiger partial charge on any atom is -0.434 e. The lowest BCUT2D eigenvalue weighted by Crippen LogP contribution is -2.16. The fourth-order valence-corrected chi connectivity index (χ4v) is 1.52. The van der Waals surface area contributed by atoms with Crippen molar-refractivity contribution in [1.29, 1.82) is 0 Å². The van der Waals surface area contributed by atoms with E-state index in [-0.39, 0.29) is 11.6 Å². The van der Waals surface area contributed by atoms with Gasteiger partial charge in [-0.2, -0.15) is 13.8 Å². The third kappa shape index (κ3) is 2.62. The highest BCUT2D eigenvalue weighted by molar-refractivity contribution is 5.38. The van der Waals surface area contributed by atoms with Crippen LogP contribution in [0.15, 0.2) is 28.8 Å². The Labute approximate surface area is 102 Å². The van der Waals surface area contributed by atoms with Gasteiger partial charge in [0.25, 0.3) is 0 Å². The van der Waals surface area contributed by atoms with Crippen LogP contribution in [0.3, 0.4) is 0 Å².